The molecule has 0 radical (unpaired) electrons. The second-order valence-electron chi connectivity index (χ2n) is 8.38. The number of ether oxygens (including phenoxy) is 4. The molecule has 0 rings (SSSR count). The molecule has 0 heterocycles. The second-order valence-corrected chi connectivity index (χ2v) is 8.38. The molecule has 0 saturated heterocycles. The molecule has 10 nitrogen and oxygen atoms in total. The molecule has 0 aromatic heterocycles. The van der Waals surface area contributed by atoms with E-state index in [4.69, 9.17) is 44.6 Å². The molecule has 0 bridgehead atoms. The maximum atomic E-state index is 12.1. The minimum Gasteiger partial charge on any atom is -0.465 e. The van der Waals surface area contributed by atoms with Gasteiger partial charge in [-0.15, -0.1) is 49.4 Å². The second kappa shape index (κ2) is 25.3. The number of rotatable bonds is 23. The van der Waals surface area contributed by atoms with E-state index >= 15 is 0 Å². The Morgan fingerprint density at radius 2 is 0.650 bits per heavy atom. The Hall–Kier alpha value is -3.96. The standard InChI is InChI=1S/C30H40N2O8/c1-5-9-23-37-27(33)13-17-31(18-14-28(34)38-24-10-6-2)21-22-32(19-15-29(35)39-25-11-7-3)20-16-30(36)40-26-12-8-4/h1-4H,9-26H2. The summed E-state index contributed by atoms with van der Waals surface area (Å²) in [6.07, 6.45) is 22.4. The minimum absolute atomic E-state index is 0.0969. The Bertz CT molecular complexity index is 787. The van der Waals surface area contributed by atoms with Gasteiger partial charge in [-0.25, -0.2) is 0 Å². The topological polar surface area (TPSA) is 112 Å². The van der Waals surface area contributed by atoms with Crippen LogP contribution in [0.4, 0.5) is 0 Å². The summed E-state index contributed by atoms with van der Waals surface area (Å²) >= 11 is 0. The third-order valence-electron chi connectivity index (χ3n) is 5.30. The van der Waals surface area contributed by atoms with E-state index in [0.29, 0.717) is 65.0 Å². The predicted octanol–water partition coefficient (Wildman–Crippen LogP) is 1.42. The third kappa shape index (κ3) is 22.1. The Kier molecular flexibility index (Phi) is 22.8. The van der Waals surface area contributed by atoms with Crippen molar-refractivity contribution in [3.8, 4) is 49.4 Å². The highest BCUT2D eigenvalue weighted by Crippen LogP contribution is 2.04. The van der Waals surface area contributed by atoms with Crippen molar-refractivity contribution in [1.82, 2.24) is 9.80 Å². The Morgan fingerprint density at radius 3 is 0.850 bits per heavy atom. The van der Waals surface area contributed by atoms with Crippen molar-refractivity contribution in [2.75, 3.05) is 65.7 Å². The molecule has 0 fully saturated rings. The quantitative estimate of drug-likeness (QED) is 0.0793. The number of hydrogen-bond donors (Lipinski definition) is 0. The molecule has 0 spiro atoms. The van der Waals surface area contributed by atoms with Gasteiger partial charge >= 0.3 is 23.9 Å². The maximum Gasteiger partial charge on any atom is 0.307 e. The predicted molar refractivity (Wildman–Crippen MR) is 149 cm³/mol. The Morgan fingerprint density at radius 1 is 0.425 bits per heavy atom. The van der Waals surface area contributed by atoms with Crippen LogP contribution in [0.15, 0.2) is 0 Å². The summed E-state index contributed by atoms with van der Waals surface area (Å²) in [5, 5.41) is 0. The van der Waals surface area contributed by atoms with Gasteiger partial charge in [-0.2, -0.15) is 0 Å². The number of hydrogen-bond acceptors (Lipinski definition) is 10. The molecule has 10 heteroatoms. The normalized spacial score (nSPS) is 10.1. The molecule has 0 aromatic rings. The van der Waals surface area contributed by atoms with Crippen LogP contribution in [0.25, 0.3) is 0 Å². The van der Waals surface area contributed by atoms with Gasteiger partial charge in [0, 0.05) is 65.0 Å². The number of nitrogens with zero attached hydrogens (tertiary/aromatic N) is 2. The van der Waals surface area contributed by atoms with Crippen molar-refractivity contribution < 1.29 is 38.1 Å². The highest BCUT2D eigenvalue weighted by molar-refractivity contribution is 5.71. The van der Waals surface area contributed by atoms with Crippen LogP contribution >= 0.6 is 0 Å². The van der Waals surface area contributed by atoms with Gasteiger partial charge in [-0.3, -0.25) is 19.2 Å². The van der Waals surface area contributed by atoms with E-state index in [-0.39, 0.29) is 52.1 Å². The molecule has 0 aliphatic heterocycles. The van der Waals surface area contributed by atoms with Gasteiger partial charge in [0.2, 0.25) is 0 Å². The molecular formula is C30H40N2O8. The van der Waals surface area contributed by atoms with Gasteiger partial charge in [0.1, 0.15) is 26.4 Å². The molecule has 218 valence electrons. The van der Waals surface area contributed by atoms with Crippen molar-refractivity contribution in [3.05, 3.63) is 0 Å². The highest BCUT2D eigenvalue weighted by atomic mass is 16.5. The van der Waals surface area contributed by atoms with Crippen LogP contribution in [0.1, 0.15) is 51.4 Å². The fourth-order valence-electron chi connectivity index (χ4n) is 3.14. The van der Waals surface area contributed by atoms with E-state index in [0.717, 1.165) is 0 Å². The lowest BCUT2D eigenvalue weighted by Gasteiger charge is -2.27. The fraction of sp³-hybridized carbons (Fsp3) is 0.600. The smallest absolute Gasteiger partial charge is 0.307 e. The zero-order chi connectivity index (χ0) is 29.8. The molecule has 0 aliphatic rings. The van der Waals surface area contributed by atoms with Gasteiger partial charge in [-0.1, -0.05) is 0 Å². The number of carbonyl (C=O) groups is 4. The summed E-state index contributed by atoms with van der Waals surface area (Å²) < 4.78 is 20.4. The van der Waals surface area contributed by atoms with E-state index in [2.05, 4.69) is 23.7 Å². The summed E-state index contributed by atoms with van der Waals surface area (Å²) in [6.45, 7) is 2.72. The first-order chi connectivity index (χ1) is 19.4. The lowest BCUT2D eigenvalue weighted by molar-refractivity contribution is -0.146. The minimum atomic E-state index is -0.405. The van der Waals surface area contributed by atoms with Crippen molar-refractivity contribution >= 4 is 23.9 Å². The van der Waals surface area contributed by atoms with Gasteiger partial charge in [-0.05, 0) is 0 Å². The first kappa shape index (κ1) is 36.0. The molecule has 0 aliphatic carbocycles. The van der Waals surface area contributed by atoms with Crippen LogP contribution in [0.5, 0.6) is 0 Å². The fourth-order valence-corrected chi connectivity index (χ4v) is 3.14. The molecule has 0 amide bonds. The lowest BCUT2D eigenvalue weighted by atomic mass is 10.3. The van der Waals surface area contributed by atoms with Crippen LogP contribution in [0.3, 0.4) is 0 Å². The zero-order valence-electron chi connectivity index (χ0n) is 23.2. The van der Waals surface area contributed by atoms with Crippen LogP contribution in [-0.2, 0) is 38.1 Å². The summed E-state index contributed by atoms with van der Waals surface area (Å²) in [4.78, 5) is 52.1. The molecule has 0 saturated carbocycles. The molecule has 0 N–H and O–H groups in total. The first-order valence-electron chi connectivity index (χ1n) is 13.2. The van der Waals surface area contributed by atoms with Crippen molar-refractivity contribution in [3.63, 3.8) is 0 Å². The average molecular weight is 557 g/mol. The van der Waals surface area contributed by atoms with E-state index in [1.54, 1.807) is 0 Å². The van der Waals surface area contributed by atoms with Crippen LogP contribution < -0.4 is 0 Å². The highest BCUT2D eigenvalue weighted by Gasteiger charge is 2.16. The van der Waals surface area contributed by atoms with Crippen LogP contribution in [0.2, 0.25) is 0 Å². The lowest BCUT2D eigenvalue weighted by Crippen LogP contribution is -2.39. The van der Waals surface area contributed by atoms with E-state index in [9.17, 15) is 19.2 Å². The van der Waals surface area contributed by atoms with Crippen molar-refractivity contribution in [1.29, 1.82) is 0 Å². The number of terminal acetylenes is 4. The maximum absolute atomic E-state index is 12.1. The third-order valence-corrected chi connectivity index (χ3v) is 5.30. The van der Waals surface area contributed by atoms with Crippen LogP contribution in [-0.4, -0.2) is 99.4 Å². The number of esters is 4. The molecular weight excluding hydrogens is 516 g/mol. The van der Waals surface area contributed by atoms with E-state index in [1.165, 1.54) is 0 Å². The molecule has 0 atom stereocenters. The Balaban J connectivity index is 5.13. The average Bonchev–Trinajstić information content (AvgIpc) is 2.94. The molecule has 0 unspecified atom stereocenters. The monoisotopic (exact) mass is 556 g/mol. The van der Waals surface area contributed by atoms with E-state index in [1.807, 2.05) is 9.80 Å². The zero-order valence-corrected chi connectivity index (χ0v) is 23.2. The number of carbonyl (C=O) groups excluding carboxylic acids is 4. The van der Waals surface area contributed by atoms with Gasteiger partial charge in [0.15, 0.2) is 0 Å². The van der Waals surface area contributed by atoms with Gasteiger partial charge in [0.25, 0.3) is 0 Å². The van der Waals surface area contributed by atoms with Gasteiger partial charge in [0.05, 0.1) is 25.7 Å². The summed E-state index contributed by atoms with van der Waals surface area (Å²) in [5.74, 6) is 7.99. The van der Waals surface area contributed by atoms with Crippen molar-refractivity contribution in [2.45, 2.75) is 51.4 Å². The van der Waals surface area contributed by atoms with Crippen molar-refractivity contribution in [2.24, 2.45) is 0 Å². The summed E-state index contributed by atoms with van der Waals surface area (Å²) in [5.41, 5.74) is 0. The van der Waals surface area contributed by atoms with Gasteiger partial charge < -0.3 is 28.7 Å². The Labute approximate surface area is 238 Å². The SMILES string of the molecule is C#CCCOC(=O)CCN(CCC(=O)OCCC#C)CCN(CCC(=O)OCCC#C)CCC(=O)OCCC#C. The molecule has 40 heavy (non-hydrogen) atoms. The molecule has 0 aromatic carbocycles. The first-order valence-corrected chi connectivity index (χ1v) is 13.2. The summed E-state index contributed by atoms with van der Waals surface area (Å²) in [7, 11) is 0. The summed E-state index contributed by atoms with van der Waals surface area (Å²) in [6, 6.07) is 0. The van der Waals surface area contributed by atoms with E-state index < -0.39 is 23.9 Å². The van der Waals surface area contributed by atoms with Crippen LogP contribution in [0, 0.1) is 49.4 Å². The largest absolute Gasteiger partial charge is 0.465 e.